The van der Waals surface area contributed by atoms with E-state index in [1.807, 2.05) is 0 Å². The summed E-state index contributed by atoms with van der Waals surface area (Å²) in [6, 6.07) is 5.42. The van der Waals surface area contributed by atoms with Crippen LogP contribution in [0.3, 0.4) is 0 Å². The van der Waals surface area contributed by atoms with E-state index in [2.05, 4.69) is 4.74 Å². The largest absolute Gasteiger partial charge is 0.466 e. The second-order valence-corrected chi connectivity index (χ2v) is 3.24. The Bertz CT molecular complexity index is 388. The molecule has 4 heteroatoms. The zero-order chi connectivity index (χ0) is 12.0. The predicted octanol–water partition coefficient (Wildman–Crippen LogP) is 2.35. The lowest BCUT2D eigenvalue weighted by atomic mass is 10.1. The molecule has 0 saturated heterocycles. The molecule has 0 aliphatic heterocycles. The zero-order valence-corrected chi connectivity index (χ0v) is 9.03. The maximum Gasteiger partial charge on any atom is 0.306 e. The van der Waals surface area contributed by atoms with E-state index in [4.69, 9.17) is 0 Å². The van der Waals surface area contributed by atoms with Crippen LogP contribution >= 0.6 is 0 Å². The van der Waals surface area contributed by atoms with Gasteiger partial charge in [0.15, 0.2) is 5.78 Å². The Morgan fingerprint density at radius 3 is 2.69 bits per heavy atom. The fourth-order valence-corrected chi connectivity index (χ4v) is 1.26. The second-order valence-electron chi connectivity index (χ2n) is 3.24. The van der Waals surface area contributed by atoms with Crippen molar-refractivity contribution in [1.82, 2.24) is 0 Å². The molecular formula is C12H13FO3. The minimum absolute atomic E-state index is 0.0309. The van der Waals surface area contributed by atoms with Gasteiger partial charge in [0, 0.05) is 12.0 Å². The van der Waals surface area contributed by atoms with Crippen molar-refractivity contribution >= 4 is 11.8 Å². The third-order valence-corrected chi connectivity index (χ3v) is 2.01. The van der Waals surface area contributed by atoms with Crippen LogP contribution in [0.1, 0.15) is 30.1 Å². The number of benzene rings is 1. The van der Waals surface area contributed by atoms with E-state index in [-0.39, 0.29) is 24.2 Å². The molecule has 0 heterocycles. The van der Waals surface area contributed by atoms with Gasteiger partial charge in [0.1, 0.15) is 5.82 Å². The van der Waals surface area contributed by atoms with Gasteiger partial charge in [-0.1, -0.05) is 12.1 Å². The molecule has 0 fully saturated rings. The normalized spacial score (nSPS) is 9.88. The highest BCUT2D eigenvalue weighted by Crippen LogP contribution is 2.08. The van der Waals surface area contributed by atoms with Crippen molar-refractivity contribution in [2.45, 2.75) is 19.8 Å². The Kier molecular flexibility index (Phi) is 4.64. The number of rotatable bonds is 5. The number of esters is 1. The first-order chi connectivity index (χ1) is 7.63. The molecule has 0 aromatic heterocycles. The van der Waals surface area contributed by atoms with E-state index < -0.39 is 11.8 Å². The number of hydrogen-bond acceptors (Lipinski definition) is 3. The molecule has 0 amide bonds. The molecule has 0 radical (unpaired) electrons. The van der Waals surface area contributed by atoms with Crippen LogP contribution in [0.2, 0.25) is 0 Å². The molecule has 0 aliphatic rings. The number of ether oxygens (including phenoxy) is 1. The monoisotopic (exact) mass is 224 g/mol. The summed E-state index contributed by atoms with van der Waals surface area (Å²) >= 11 is 0. The van der Waals surface area contributed by atoms with Crippen molar-refractivity contribution in [1.29, 1.82) is 0 Å². The first-order valence-corrected chi connectivity index (χ1v) is 5.08. The van der Waals surface area contributed by atoms with Gasteiger partial charge in [0.2, 0.25) is 0 Å². The van der Waals surface area contributed by atoms with E-state index in [9.17, 15) is 14.0 Å². The number of ketones is 1. The minimum atomic E-state index is -0.456. The average molecular weight is 224 g/mol. The lowest BCUT2D eigenvalue weighted by Crippen LogP contribution is -2.08. The SMILES string of the molecule is CCOC(=O)CCC(=O)c1cccc(F)c1. The summed E-state index contributed by atoms with van der Waals surface area (Å²) in [6.45, 7) is 2.00. The van der Waals surface area contributed by atoms with Crippen LogP contribution in [-0.2, 0) is 9.53 Å². The summed E-state index contributed by atoms with van der Waals surface area (Å²) in [5.41, 5.74) is 0.282. The van der Waals surface area contributed by atoms with Gasteiger partial charge < -0.3 is 4.74 Å². The van der Waals surface area contributed by atoms with Gasteiger partial charge in [-0.15, -0.1) is 0 Å². The van der Waals surface area contributed by atoms with Gasteiger partial charge in [-0.2, -0.15) is 0 Å². The van der Waals surface area contributed by atoms with Gasteiger partial charge >= 0.3 is 5.97 Å². The van der Waals surface area contributed by atoms with Gasteiger partial charge in [-0.25, -0.2) is 4.39 Å². The first kappa shape index (κ1) is 12.4. The van der Waals surface area contributed by atoms with E-state index in [0.717, 1.165) is 6.07 Å². The molecule has 16 heavy (non-hydrogen) atoms. The Balaban J connectivity index is 2.50. The van der Waals surface area contributed by atoms with Crippen LogP contribution < -0.4 is 0 Å². The summed E-state index contributed by atoms with van der Waals surface area (Å²) in [5, 5.41) is 0. The Morgan fingerprint density at radius 1 is 1.31 bits per heavy atom. The van der Waals surface area contributed by atoms with Crippen LogP contribution in [0.5, 0.6) is 0 Å². The standard InChI is InChI=1S/C12H13FO3/c1-2-16-12(15)7-6-11(14)9-4-3-5-10(13)8-9/h3-5,8H,2,6-7H2,1H3. The fraction of sp³-hybridized carbons (Fsp3) is 0.333. The fourth-order valence-electron chi connectivity index (χ4n) is 1.26. The Labute approximate surface area is 93.2 Å². The third kappa shape index (κ3) is 3.81. The Hall–Kier alpha value is -1.71. The van der Waals surface area contributed by atoms with Crippen LogP contribution in [0.4, 0.5) is 4.39 Å². The van der Waals surface area contributed by atoms with E-state index in [1.54, 1.807) is 6.92 Å². The molecule has 1 rings (SSSR count). The lowest BCUT2D eigenvalue weighted by molar-refractivity contribution is -0.143. The molecule has 0 saturated carbocycles. The molecule has 0 unspecified atom stereocenters. The van der Waals surface area contributed by atoms with Crippen LogP contribution in [0, 0.1) is 5.82 Å². The number of carbonyl (C=O) groups is 2. The first-order valence-electron chi connectivity index (χ1n) is 5.08. The summed E-state index contributed by atoms with van der Waals surface area (Å²) in [5.74, 6) is -1.12. The molecule has 1 aromatic rings. The molecule has 0 spiro atoms. The van der Waals surface area contributed by atoms with Crippen molar-refractivity contribution < 1.29 is 18.7 Å². The van der Waals surface area contributed by atoms with Crippen molar-refractivity contribution in [3.63, 3.8) is 0 Å². The summed E-state index contributed by atoms with van der Waals surface area (Å²) in [7, 11) is 0. The van der Waals surface area contributed by atoms with Crippen molar-refractivity contribution in [2.24, 2.45) is 0 Å². The van der Waals surface area contributed by atoms with Crippen LogP contribution in [-0.4, -0.2) is 18.4 Å². The molecule has 1 aromatic carbocycles. The number of Topliss-reactive ketones (excluding diaryl/α,β-unsaturated/α-hetero) is 1. The maximum atomic E-state index is 12.8. The highest BCUT2D eigenvalue weighted by atomic mass is 19.1. The van der Waals surface area contributed by atoms with Gasteiger partial charge in [0.05, 0.1) is 13.0 Å². The molecular weight excluding hydrogens is 211 g/mol. The Morgan fingerprint density at radius 2 is 2.06 bits per heavy atom. The van der Waals surface area contributed by atoms with Gasteiger partial charge in [-0.05, 0) is 19.1 Å². The summed E-state index contributed by atoms with van der Waals surface area (Å²) in [4.78, 5) is 22.5. The third-order valence-electron chi connectivity index (χ3n) is 2.01. The smallest absolute Gasteiger partial charge is 0.306 e. The minimum Gasteiger partial charge on any atom is -0.466 e. The van der Waals surface area contributed by atoms with E-state index >= 15 is 0 Å². The zero-order valence-electron chi connectivity index (χ0n) is 9.03. The second kappa shape index (κ2) is 6.00. The van der Waals surface area contributed by atoms with Crippen molar-refractivity contribution in [3.05, 3.63) is 35.6 Å². The molecule has 0 aliphatic carbocycles. The highest BCUT2D eigenvalue weighted by molar-refractivity contribution is 5.97. The van der Waals surface area contributed by atoms with E-state index in [1.165, 1.54) is 18.2 Å². The molecule has 3 nitrogen and oxygen atoms in total. The van der Waals surface area contributed by atoms with Crippen molar-refractivity contribution in [3.8, 4) is 0 Å². The molecule has 0 atom stereocenters. The number of halogens is 1. The van der Waals surface area contributed by atoms with Gasteiger partial charge in [-0.3, -0.25) is 9.59 Å². The highest BCUT2D eigenvalue weighted by Gasteiger charge is 2.10. The molecule has 86 valence electrons. The maximum absolute atomic E-state index is 12.8. The lowest BCUT2D eigenvalue weighted by Gasteiger charge is -2.01. The average Bonchev–Trinajstić information content (AvgIpc) is 2.26. The van der Waals surface area contributed by atoms with Crippen molar-refractivity contribution in [2.75, 3.05) is 6.61 Å². The number of hydrogen-bond donors (Lipinski definition) is 0. The summed E-state index contributed by atoms with van der Waals surface area (Å²) < 4.78 is 17.5. The quantitative estimate of drug-likeness (QED) is 0.569. The predicted molar refractivity (Wildman–Crippen MR) is 56.6 cm³/mol. The topological polar surface area (TPSA) is 43.4 Å². The number of carbonyl (C=O) groups excluding carboxylic acids is 2. The van der Waals surface area contributed by atoms with E-state index in [0.29, 0.717) is 6.61 Å². The van der Waals surface area contributed by atoms with Crippen LogP contribution in [0.25, 0.3) is 0 Å². The van der Waals surface area contributed by atoms with Crippen LogP contribution in [0.15, 0.2) is 24.3 Å². The summed E-state index contributed by atoms with van der Waals surface area (Å²) in [6.07, 6.45) is 0.0749. The van der Waals surface area contributed by atoms with Gasteiger partial charge in [0.25, 0.3) is 0 Å². The molecule has 0 N–H and O–H groups in total. The molecule has 0 bridgehead atoms.